The van der Waals surface area contributed by atoms with E-state index in [-0.39, 0.29) is 6.10 Å². The first-order valence-electron chi connectivity index (χ1n) is 5.33. The molecule has 2 nitrogen and oxygen atoms in total. The second-order valence-corrected chi connectivity index (χ2v) is 4.00. The minimum absolute atomic E-state index is 0.208. The molecule has 0 saturated heterocycles. The first kappa shape index (κ1) is 12.3. The van der Waals surface area contributed by atoms with Gasteiger partial charge in [0.05, 0.1) is 6.10 Å². The van der Waals surface area contributed by atoms with Crippen LogP contribution in [0.25, 0.3) is 0 Å². The van der Waals surface area contributed by atoms with Crippen molar-refractivity contribution in [2.24, 2.45) is 5.73 Å². The van der Waals surface area contributed by atoms with Crippen LogP contribution in [0.3, 0.4) is 0 Å². The largest absolute Gasteiger partial charge is 0.490 e. The van der Waals surface area contributed by atoms with Gasteiger partial charge in [-0.25, -0.2) is 0 Å². The number of rotatable bonds is 5. The van der Waals surface area contributed by atoms with Gasteiger partial charge in [0.15, 0.2) is 0 Å². The molecular weight excluding hydrogens is 210 g/mol. The summed E-state index contributed by atoms with van der Waals surface area (Å²) < 4.78 is 5.79. The Bertz CT molecular complexity index is 314. The van der Waals surface area contributed by atoms with Crippen LogP contribution in [-0.4, -0.2) is 12.6 Å². The van der Waals surface area contributed by atoms with E-state index >= 15 is 0 Å². The smallest absolute Gasteiger partial charge is 0.124 e. The van der Waals surface area contributed by atoms with Crippen molar-refractivity contribution < 1.29 is 4.74 Å². The van der Waals surface area contributed by atoms with Gasteiger partial charge >= 0.3 is 0 Å². The summed E-state index contributed by atoms with van der Waals surface area (Å²) in [5, 5.41) is 0.737. The van der Waals surface area contributed by atoms with Gasteiger partial charge in [0, 0.05) is 10.6 Å². The Labute approximate surface area is 96.4 Å². The van der Waals surface area contributed by atoms with Crippen molar-refractivity contribution >= 4 is 11.6 Å². The van der Waals surface area contributed by atoms with E-state index in [9.17, 15) is 0 Å². The summed E-state index contributed by atoms with van der Waals surface area (Å²) in [6.07, 6.45) is 1.94. The molecule has 0 heterocycles. The van der Waals surface area contributed by atoms with Crippen LogP contribution in [0.2, 0.25) is 5.02 Å². The maximum atomic E-state index is 6.10. The summed E-state index contributed by atoms with van der Waals surface area (Å²) in [6, 6.07) is 5.72. The predicted octanol–water partition coefficient (Wildman–Crippen LogP) is 3.02. The molecule has 2 N–H and O–H groups in total. The Morgan fingerprint density at radius 3 is 2.80 bits per heavy atom. The number of ether oxygens (including phenoxy) is 1. The fourth-order valence-electron chi connectivity index (χ4n) is 1.34. The Morgan fingerprint density at radius 2 is 2.20 bits per heavy atom. The van der Waals surface area contributed by atoms with Gasteiger partial charge in [-0.15, -0.1) is 0 Å². The fourth-order valence-corrected chi connectivity index (χ4v) is 1.60. The lowest BCUT2D eigenvalue weighted by Crippen LogP contribution is -2.12. The zero-order valence-electron chi connectivity index (χ0n) is 9.29. The third kappa shape index (κ3) is 3.40. The number of halogens is 1. The molecule has 0 aromatic heterocycles. The lowest BCUT2D eigenvalue weighted by atomic mass is 10.1. The average Bonchev–Trinajstić information content (AvgIpc) is 2.23. The van der Waals surface area contributed by atoms with Gasteiger partial charge in [-0.05, 0) is 38.4 Å². The molecule has 0 amide bonds. The Kier molecular flexibility index (Phi) is 4.92. The summed E-state index contributed by atoms with van der Waals surface area (Å²) in [7, 11) is 0. The molecule has 0 aliphatic rings. The highest BCUT2D eigenvalue weighted by molar-refractivity contribution is 6.31. The van der Waals surface area contributed by atoms with Crippen LogP contribution in [0.5, 0.6) is 5.75 Å². The second-order valence-electron chi connectivity index (χ2n) is 3.59. The molecule has 0 aliphatic carbocycles. The van der Waals surface area contributed by atoms with E-state index < -0.39 is 0 Å². The minimum Gasteiger partial charge on any atom is -0.490 e. The van der Waals surface area contributed by atoms with Crippen molar-refractivity contribution in [2.45, 2.75) is 32.8 Å². The fraction of sp³-hybridized carbons (Fsp3) is 0.500. The van der Waals surface area contributed by atoms with Crippen LogP contribution >= 0.6 is 11.6 Å². The standard InChI is InChI=1S/C12H18ClNO/c1-3-9(2)15-12-6-4-5-11(13)10(12)7-8-14/h4-6,9H,3,7-8,14H2,1-2H3. The predicted molar refractivity (Wildman–Crippen MR) is 64.6 cm³/mol. The highest BCUT2D eigenvalue weighted by Crippen LogP contribution is 2.27. The molecule has 0 aliphatic heterocycles. The molecule has 0 spiro atoms. The van der Waals surface area contributed by atoms with Crippen molar-refractivity contribution in [1.29, 1.82) is 0 Å². The monoisotopic (exact) mass is 227 g/mol. The lowest BCUT2D eigenvalue weighted by Gasteiger charge is -2.16. The molecule has 1 aromatic rings. The van der Waals surface area contributed by atoms with Crippen LogP contribution in [-0.2, 0) is 6.42 Å². The highest BCUT2D eigenvalue weighted by atomic mass is 35.5. The summed E-state index contributed by atoms with van der Waals surface area (Å²) in [4.78, 5) is 0. The molecule has 3 heteroatoms. The second kappa shape index (κ2) is 5.99. The van der Waals surface area contributed by atoms with Crippen molar-refractivity contribution in [2.75, 3.05) is 6.54 Å². The number of hydrogen-bond donors (Lipinski definition) is 1. The molecule has 1 atom stereocenters. The third-order valence-corrected chi connectivity index (χ3v) is 2.73. The van der Waals surface area contributed by atoms with Crippen molar-refractivity contribution in [3.05, 3.63) is 28.8 Å². The topological polar surface area (TPSA) is 35.2 Å². The van der Waals surface area contributed by atoms with Gasteiger partial charge in [0.25, 0.3) is 0 Å². The summed E-state index contributed by atoms with van der Waals surface area (Å²) in [5.74, 6) is 0.863. The van der Waals surface area contributed by atoms with Crippen LogP contribution in [0.4, 0.5) is 0 Å². The Balaban J connectivity index is 2.89. The van der Waals surface area contributed by atoms with Gasteiger partial charge in [-0.3, -0.25) is 0 Å². The molecule has 15 heavy (non-hydrogen) atoms. The molecule has 0 fully saturated rings. The van der Waals surface area contributed by atoms with Gasteiger partial charge in [-0.2, -0.15) is 0 Å². The Hall–Kier alpha value is -0.730. The van der Waals surface area contributed by atoms with E-state index in [1.54, 1.807) is 0 Å². The SMILES string of the molecule is CCC(C)Oc1cccc(Cl)c1CCN. The molecular formula is C12H18ClNO. The summed E-state index contributed by atoms with van der Waals surface area (Å²) in [6.45, 7) is 4.73. The zero-order valence-corrected chi connectivity index (χ0v) is 10.1. The molecule has 0 radical (unpaired) electrons. The van der Waals surface area contributed by atoms with Gasteiger partial charge in [0.1, 0.15) is 5.75 Å². The van der Waals surface area contributed by atoms with E-state index in [4.69, 9.17) is 22.1 Å². The average molecular weight is 228 g/mol. The maximum absolute atomic E-state index is 6.10. The van der Waals surface area contributed by atoms with E-state index in [1.165, 1.54) is 0 Å². The van der Waals surface area contributed by atoms with Gasteiger partial charge < -0.3 is 10.5 Å². The van der Waals surface area contributed by atoms with Crippen LogP contribution < -0.4 is 10.5 Å². The molecule has 1 aromatic carbocycles. The molecule has 84 valence electrons. The van der Waals surface area contributed by atoms with Crippen molar-refractivity contribution in [3.8, 4) is 5.75 Å². The lowest BCUT2D eigenvalue weighted by molar-refractivity contribution is 0.215. The van der Waals surface area contributed by atoms with Gasteiger partial charge in [-0.1, -0.05) is 24.6 Å². The zero-order chi connectivity index (χ0) is 11.3. The molecule has 0 bridgehead atoms. The quantitative estimate of drug-likeness (QED) is 0.839. The first-order valence-corrected chi connectivity index (χ1v) is 5.71. The highest BCUT2D eigenvalue weighted by Gasteiger charge is 2.09. The summed E-state index contributed by atoms with van der Waals surface area (Å²) >= 11 is 6.10. The summed E-state index contributed by atoms with van der Waals surface area (Å²) in [5.41, 5.74) is 6.56. The maximum Gasteiger partial charge on any atom is 0.124 e. The van der Waals surface area contributed by atoms with Gasteiger partial charge in [0.2, 0.25) is 0 Å². The first-order chi connectivity index (χ1) is 7.19. The van der Waals surface area contributed by atoms with E-state index in [0.717, 1.165) is 29.2 Å². The normalized spacial score (nSPS) is 12.5. The molecule has 1 rings (SSSR count). The van der Waals surface area contributed by atoms with E-state index in [2.05, 4.69) is 6.92 Å². The number of hydrogen-bond acceptors (Lipinski definition) is 2. The van der Waals surface area contributed by atoms with E-state index in [0.29, 0.717) is 6.54 Å². The third-order valence-electron chi connectivity index (χ3n) is 2.37. The van der Waals surface area contributed by atoms with Crippen LogP contribution in [0, 0.1) is 0 Å². The van der Waals surface area contributed by atoms with Crippen molar-refractivity contribution in [1.82, 2.24) is 0 Å². The number of nitrogens with two attached hydrogens (primary N) is 1. The number of benzene rings is 1. The Morgan fingerprint density at radius 1 is 1.47 bits per heavy atom. The minimum atomic E-state index is 0.208. The van der Waals surface area contributed by atoms with Crippen LogP contribution in [0.1, 0.15) is 25.8 Å². The van der Waals surface area contributed by atoms with Crippen LogP contribution in [0.15, 0.2) is 18.2 Å². The molecule has 0 saturated carbocycles. The molecule has 1 unspecified atom stereocenters. The van der Waals surface area contributed by atoms with Crippen molar-refractivity contribution in [3.63, 3.8) is 0 Å². The van der Waals surface area contributed by atoms with E-state index in [1.807, 2.05) is 25.1 Å².